The zero-order chi connectivity index (χ0) is 20.1. The average Bonchev–Trinajstić information content (AvgIpc) is 2.68. The third-order valence-electron chi connectivity index (χ3n) is 4.06. The van der Waals surface area contributed by atoms with Crippen LogP contribution in [-0.2, 0) is 14.8 Å². The zero-order valence-corrected chi connectivity index (χ0v) is 17.6. The largest absolute Gasteiger partial charge is 0.323 e. The van der Waals surface area contributed by atoms with Gasteiger partial charge in [-0.1, -0.05) is 42.5 Å². The lowest BCUT2D eigenvalue weighted by Crippen LogP contribution is -2.38. The Balaban J connectivity index is 1.95. The van der Waals surface area contributed by atoms with Crippen molar-refractivity contribution in [1.29, 1.82) is 0 Å². The molecule has 0 unspecified atom stereocenters. The maximum absolute atomic E-state index is 13.2. The molecule has 7 heteroatoms. The summed E-state index contributed by atoms with van der Waals surface area (Å²) in [4.78, 5) is 12.8. The summed E-state index contributed by atoms with van der Waals surface area (Å²) in [5, 5.41) is 2.76. The van der Waals surface area contributed by atoms with E-state index in [0.29, 0.717) is 11.4 Å². The fraction of sp³-hybridized carbons (Fsp3) is 0.0952. The maximum Gasteiger partial charge on any atom is 0.264 e. The molecule has 0 aliphatic heterocycles. The number of carbonyl (C=O) groups is 1. The summed E-state index contributed by atoms with van der Waals surface area (Å²) >= 11 is 3.38. The number of sulfonamides is 1. The first-order valence-corrected chi connectivity index (χ1v) is 10.8. The standard InChI is InChI=1S/C21H19BrN2O3S/c1-16-8-7-9-17(14-16)24(28(26,27)18-10-3-2-4-11-18)15-21(25)23-20-13-6-5-12-19(20)22/h2-14H,15H2,1H3,(H,23,25). The summed E-state index contributed by atoms with van der Waals surface area (Å²) in [7, 11) is -3.91. The molecule has 144 valence electrons. The van der Waals surface area contributed by atoms with E-state index in [1.165, 1.54) is 12.1 Å². The Kier molecular flexibility index (Phi) is 6.16. The summed E-state index contributed by atoms with van der Waals surface area (Å²) in [6.45, 7) is 1.53. The van der Waals surface area contributed by atoms with Gasteiger partial charge >= 0.3 is 0 Å². The summed E-state index contributed by atoms with van der Waals surface area (Å²) in [6, 6.07) is 22.3. The van der Waals surface area contributed by atoms with Gasteiger partial charge in [0, 0.05) is 4.47 Å². The molecule has 0 saturated carbocycles. The van der Waals surface area contributed by atoms with E-state index in [4.69, 9.17) is 0 Å². The van der Waals surface area contributed by atoms with Gasteiger partial charge in [0.15, 0.2) is 0 Å². The van der Waals surface area contributed by atoms with Crippen molar-refractivity contribution < 1.29 is 13.2 Å². The number of aryl methyl sites for hydroxylation is 1. The third-order valence-corrected chi connectivity index (χ3v) is 6.54. The number of nitrogens with zero attached hydrogens (tertiary/aromatic N) is 1. The van der Waals surface area contributed by atoms with Crippen molar-refractivity contribution in [1.82, 2.24) is 0 Å². The van der Waals surface area contributed by atoms with E-state index in [1.807, 2.05) is 19.1 Å². The fourth-order valence-corrected chi connectivity index (χ4v) is 4.52. The molecule has 28 heavy (non-hydrogen) atoms. The number of anilines is 2. The second-order valence-corrected chi connectivity index (χ2v) is 8.91. The van der Waals surface area contributed by atoms with Crippen LogP contribution in [0.15, 0.2) is 88.2 Å². The molecule has 0 saturated heterocycles. The normalized spacial score (nSPS) is 11.1. The van der Waals surface area contributed by atoms with Crippen LogP contribution in [0.5, 0.6) is 0 Å². The summed E-state index contributed by atoms with van der Waals surface area (Å²) < 4.78 is 28.3. The van der Waals surface area contributed by atoms with Gasteiger partial charge in [0.2, 0.25) is 5.91 Å². The van der Waals surface area contributed by atoms with Crippen LogP contribution in [0, 0.1) is 6.92 Å². The maximum atomic E-state index is 13.2. The van der Waals surface area contributed by atoms with Crippen molar-refractivity contribution in [2.45, 2.75) is 11.8 Å². The van der Waals surface area contributed by atoms with E-state index in [2.05, 4.69) is 21.2 Å². The number of carbonyl (C=O) groups excluding carboxylic acids is 1. The highest BCUT2D eigenvalue weighted by molar-refractivity contribution is 9.10. The first-order valence-electron chi connectivity index (χ1n) is 8.57. The predicted octanol–water partition coefficient (Wildman–Crippen LogP) is 4.59. The Morgan fingerprint density at radius 1 is 0.964 bits per heavy atom. The van der Waals surface area contributed by atoms with Crippen LogP contribution in [0.2, 0.25) is 0 Å². The van der Waals surface area contributed by atoms with Crippen molar-refractivity contribution in [3.63, 3.8) is 0 Å². The van der Waals surface area contributed by atoms with Gasteiger partial charge in [0.1, 0.15) is 6.54 Å². The number of halogens is 1. The minimum atomic E-state index is -3.91. The molecule has 0 heterocycles. The Morgan fingerprint density at radius 3 is 2.32 bits per heavy atom. The molecule has 0 radical (unpaired) electrons. The molecule has 5 nitrogen and oxygen atoms in total. The van der Waals surface area contributed by atoms with Crippen LogP contribution in [0.25, 0.3) is 0 Å². The van der Waals surface area contributed by atoms with Crippen molar-refractivity contribution >= 4 is 43.2 Å². The van der Waals surface area contributed by atoms with E-state index in [0.717, 1.165) is 14.3 Å². The highest BCUT2D eigenvalue weighted by Gasteiger charge is 2.27. The molecule has 1 N–H and O–H groups in total. The van der Waals surface area contributed by atoms with Crippen LogP contribution < -0.4 is 9.62 Å². The second kappa shape index (κ2) is 8.58. The Labute approximate surface area is 173 Å². The minimum Gasteiger partial charge on any atom is -0.323 e. The van der Waals surface area contributed by atoms with Gasteiger partial charge in [-0.2, -0.15) is 0 Å². The Bertz CT molecular complexity index is 1090. The monoisotopic (exact) mass is 458 g/mol. The molecule has 3 aromatic rings. The van der Waals surface area contributed by atoms with Gasteiger partial charge in [-0.3, -0.25) is 9.10 Å². The van der Waals surface area contributed by atoms with Gasteiger partial charge < -0.3 is 5.32 Å². The smallest absolute Gasteiger partial charge is 0.264 e. The van der Waals surface area contributed by atoms with Gasteiger partial charge in [-0.05, 0) is 64.8 Å². The predicted molar refractivity (Wildman–Crippen MR) is 115 cm³/mol. The minimum absolute atomic E-state index is 0.130. The van der Waals surface area contributed by atoms with Gasteiger partial charge in [-0.15, -0.1) is 0 Å². The first-order chi connectivity index (χ1) is 13.4. The van der Waals surface area contributed by atoms with Crippen LogP contribution in [0.4, 0.5) is 11.4 Å². The SMILES string of the molecule is Cc1cccc(N(CC(=O)Nc2ccccc2Br)S(=O)(=O)c2ccccc2)c1. The van der Waals surface area contributed by atoms with Crippen molar-refractivity contribution in [2.75, 3.05) is 16.2 Å². The van der Waals surface area contributed by atoms with Crippen LogP contribution in [0.3, 0.4) is 0 Å². The van der Waals surface area contributed by atoms with Crippen LogP contribution in [-0.4, -0.2) is 20.9 Å². The summed E-state index contributed by atoms with van der Waals surface area (Å²) in [5.74, 6) is -0.437. The second-order valence-electron chi connectivity index (χ2n) is 6.19. The molecular formula is C21H19BrN2O3S. The van der Waals surface area contributed by atoms with E-state index in [1.54, 1.807) is 54.6 Å². The van der Waals surface area contributed by atoms with E-state index in [9.17, 15) is 13.2 Å². The lowest BCUT2D eigenvalue weighted by Gasteiger charge is -2.24. The third kappa shape index (κ3) is 4.61. The van der Waals surface area contributed by atoms with Gasteiger partial charge in [0.05, 0.1) is 16.3 Å². The molecule has 0 bridgehead atoms. The molecular weight excluding hydrogens is 440 g/mol. The van der Waals surface area contributed by atoms with Crippen LogP contribution in [0.1, 0.15) is 5.56 Å². The fourth-order valence-electron chi connectivity index (χ4n) is 2.70. The molecule has 0 aromatic heterocycles. The molecule has 1 amide bonds. The van der Waals surface area contributed by atoms with Crippen LogP contribution >= 0.6 is 15.9 Å². The number of benzene rings is 3. The molecule has 0 spiro atoms. The summed E-state index contributed by atoms with van der Waals surface area (Å²) in [6.07, 6.45) is 0. The van der Waals surface area contributed by atoms with Crippen molar-refractivity contribution in [3.05, 3.63) is 88.9 Å². The quantitative estimate of drug-likeness (QED) is 0.587. The average molecular weight is 459 g/mol. The Hall–Kier alpha value is -2.64. The van der Waals surface area contributed by atoms with Gasteiger partial charge in [-0.25, -0.2) is 8.42 Å². The topological polar surface area (TPSA) is 66.5 Å². The van der Waals surface area contributed by atoms with E-state index < -0.39 is 15.9 Å². The number of para-hydroxylation sites is 1. The lowest BCUT2D eigenvalue weighted by molar-refractivity contribution is -0.114. The van der Waals surface area contributed by atoms with Gasteiger partial charge in [0.25, 0.3) is 10.0 Å². The zero-order valence-electron chi connectivity index (χ0n) is 15.2. The molecule has 0 aliphatic rings. The highest BCUT2D eigenvalue weighted by atomic mass is 79.9. The lowest BCUT2D eigenvalue weighted by atomic mass is 10.2. The molecule has 0 fully saturated rings. The molecule has 3 rings (SSSR count). The molecule has 0 aliphatic carbocycles. The number of hydrogen-bond acceptors (Lipinski definition) is 3. The molecule has 0 atom stereocenters. The number of hydrogen-bond donors (Lipinski definition) is 1. The highest BCUT2D eigenvalue weighted by Crippen LogP contribution is 2.25. The van der Waals surface area contributed by atoms with Crippen molar-refractivity contribution in [2.24, 2.45) is 0 Å². The first kappa shape index (κ1) is 20.1. The number of rotatable bonds is 6. The van der Waals surface area contributed by atoms with Crippen molar-refractivity contribution in [3.8, 4) is 0 Å². The number of amides is 1. The van der Waals surface area contributed by atoms with E-state index >= 15 is 0 Å². The summed E-state index contributed by atoms with van der Waals surface area (Å²) in [5.41, 5.74) is 1.91. The Morgan fingerprint density at radius 2 is 1.64 bits per heavy atom. The number of nitrogens with one attached hydrogen (secondary N) is 1. The molecule has 3 aromatic carbocycles. The van der Waals surface area contributed by atoms with E-state index in [-0.39, 0.29) is 11.4 Å².